The van der Waals surface area contributed by atoms with Crippen molar-refractivity contribution < 1.29 is 0 Å². The maximum atomic E-state index is 4.13. The highest BCUT2D eigenvalue weighted by atomic mass is 14.6. The van der Waals surface area contributed by atoms with Crippen LogP contribution in [0.25, 0.3) is 0 Å². The zero-order chi connectivity index (χ0) is 36.6. The third-order valence-corrected chi connectivity index (χ3v) is 7.68. The number of rotatable bonds is 0. The van der Waals surface area contributed by atoms with Crippen LogP contribution in [0.4, 0.5) is 0 Å². The van der Waals surface area contributed by atoms with Crippen LogP contribution in [-0.4, -0.2) is 19.9 Å². The summed E-state index contributed by atoms with van der Waals surface area (Å²) in [5, 5.41) is 0. The van der Waals surface area contributed by atoms with Gasteiger partial charge in [0.25, 0.3) is 0 Å². The number of benzene rings is 3. The van der Waals surface area contributed by atoms with E-state index in [2.05, 4.69) is 91.0 Å². The molecule has 0 bridgehead atoms. The average Bonchev–Trinajstić information content (AvgIpc) is 3.24. The van der Waals surface area contributed by atoms with Gasteiger partial charge in [0.05, 0.1) is 0 Å². The van der Waals surface area contributed by atoms with Gasteiger partial charge in [-0.25, -0.2) is 0 Å². The van der Waals surface area contributed by atoms with Crippen molar-refractivity contribution >= 4 is 0 Å². The molecule has 0 aliphatic rings. The van der Waals surface area contributed by atoms with E-state index in [9.17, 15) is 0 Å². The van der Waals surface area contributed by atoms with Gasteiger partial charge in [0.15, 0.2) is 0 Å². The Morgan fingerprint density at radius 3 is 0.815 bits per heavy atom. The van der Waals surface area contributed by atoms with Gasteiger partial charge in [0.1, 0.15) is 0 Å². The number of hydrogen-bond acceptors (Lipinski definition) is 4. The van der Waals surface area contributed by atoms with Crippen molar-refractivity contribution in [1.29, 1.82) is 0 Å². The highest BCUT2D eigenvalue weighted by Gasteiger charge is 2.06. The molecule has 0 aliphatic heterocycles. The van der Waals surface area contributed by atoms with Gasteiger partial charge in [0.2, 0.25) is 0 Å². The summed E-state index contributed by atoms with van der Waals surface area (Å²) in [6.45, 7) is 0. The smallest absolute Gasteiger partial charge is 0.0432 e. The lowest BCUT2D eigenvalue weighted by atomic mass is 9.97. The Morgan fingerprint density at radius 1 is 0.241 bits per heavy atom. The van der Waals surface area contributed by atoms with Crippen molar-refractivity contribution in [2.45, 2.75) is 0 Å². The van der Waals surface area contributed by atoms with Crippen LogP contribution >= 0.6 is 0 Å². The van der Waals surface area contributed by atoms with E-state index in [4.69, 9.17) is 0 Å². The van der Waals surface area contributed by atoms with Crippen molar-refractivity contribution in [3.63, 3.8) is 0 Å². The molecule has 7 rings (SSSR count). The lowest BCUT2D eigenvalue weighted by molar-refractivity contribution is 1.31. The maximum absolute atomic E-state index is 4.13. The molecule has 246 valence electrons. The third kappa shape index (κ3) is 9.87. The maximum Gasteiger partial charge on any atom is 0.0432 e. The predicted molar refractivity (Wildman–Crippen MR) is 212 cm³/mol. The third-order valence-electron chi connectivity index (χ3n) is 7.68. The van der Waals surface area contributed by atoms with Crippen LogP contribution in [0.15, 0.2) is 159 Å². The molecule has 4 aromatic heterocycles. The molecule has 0 aliphatic carbocycles. The van der Waals surface area contributed by atoms with E-state index in [1.165, 1.54) is 0 Å². The van der Waals surface area contributed by atoms with Gasteiger partial charge in [-0.2, -0.15) is 0 Å². The number of hydrogen-bond donors (Lipinski definition) is 0. The van der Waals surface area contributed by atoms with Crippen molar-refractivity contribution in [2.75, 3.05) is 0 Å². The first-order chi connectivity index (χ1) is 26.7. The monoisotopic (exact) mass is 682 g/mol. The molecule has 54 heavy (non-hydrogen) atoms. The summed E-state index contributed by atoms with van der Waals surface area (Å²) in [5.41, 5.74) is 9.80. The molecular weight excluding hydrogens is 657 g/mol. The van der Waals surface area contributed by atoms with Crippen molar-refractivity contribution in [1.82, 2.24) is 19.9 Å². The van der Waals surface area contributed by atoms with Crippen LogP contribution in [0.2, 0.25) is 0 Å². The standard InChI is InChI=1S/C50H26N4/c1-3-45(37-53-29-1)15-13-39-5-9-41(10-6-39)17-21-47-35-48(22-18-42-11-7-40(8-12-42)14-16-46-4-2-30-54-38-46)50(24-20-44-27-33-52-34-28-44)36-49(47)23-19-43-25-31-51-32-26-43/h1-12,25-38H. The van der Waals surface area contributed by atoms with Crippen LogP contribution in [0.5, 0.6) is 0 Å². The van der Waals surface area contributed by atoms with E-state index in [0.29, 0.717) is 0 Å². The predicted octanol–water partition coefficient (Wildman–Crippen LogP) is 7.67. The fourth-order valence-electron chi connectivity index (χ4n) is 4.88. The molecule has 0 saturated heterocycles. The van der Waals surface area contributed by atoms with E-state index in [1.54, 1.807) is 49.6 Å². The molecule has 4 heterocycles. The SMILES string of the molecule is C(#Cc1cc(C#Cc2ccncc2)c(C#Cc2ccc(C#Cc3cccnc3)cc2)cc1C#Cc1ccc(C#Cc2cccnc2)cc1)c1ccncc1. The van der Waals surface area contributed by atoms with E-state index in [1.807, 2.05) is 109 Å². The molecule has 0 atom stereocenters. The molecule has 3 aromatic carbocycles. The number of pyridine rings is 4. The summed E-state index contributed by atoms with van der Waals surface area (Å²) in [5.74, 6) is 39.2. The van der Waals surface area contributed by atoms with Crippen LogP contribution in [0, 0.1) is 71.0 Å². The first-order valence-corrected chi connectivity index (χ1v) is 16.8. The van der Waals surface area contributed by atoms with Gasteiger partial charge in [0, 0.05) is 116 Å². The second kappa shape index (κ2) is 17.5. The Balaban J connectivity index is 1.26. The van der Waals surface area contributed by atoms with Gasteiger partial charge >= 0.3 is 0 Å². The molecule has 0 fully saturated rings. The summed E-state index contributed by atoms with van der Waals surface area (Å²) >= 11 is 0. The van der Waals surface area contributed by atoms with E-state index in [0.717, 1.165) is 66.8 Å². The molecule has 0 unspecified atom stereocenters. The topological polar surface area (TPSA) is 51.6 Å². The van der Waals surface area contributed by atoms with Crippen LogP contribution in [-0.2, 0) is 0 Å². The second-order valence-corrected chi connectivity index (χ2v) is 11.6. The summed E-state index contributed by atoms with van der Waals surface area (Å²) in [6, 6.07) is 34.7. The minimum Gasteiger partial charge on any atom is -0.265 e. The first-order valence-electron chi connectivity index (χ1n) is 16.8. The van der Waals surface area contributed by atoms with Gasteiger partial charge in [-0.15, -0.1) is 0 Å². The molecule has 0 spiro atoms. The Hall–Kier alpha value is -8.38. The number of nitrogens with zero attached hydrogens (tertiary/aromatic N) is 4. The zero-order valence-electron chi connectivity index (χ0n) is 28.8. The van der Waals surface area contributed by atoms with E-state index < -0.39 is 0 Å². The molecule has 4 heteroatoms. The fraction of sp³-hybridized carbons (Fsp3) is 0. The van der Waals surface area contributed by atoms with Crippen LogP contribution < -0.4 is 0 Å². The molecular formula is C50H26N4. The lowest BCUT2D eigenvalue weighted by Gasteiger charge is -2.04. The first kappa shape index (κ1) is 34.1. The quantitative estimate of drug-likeness (QED) is 0.154. The molecule has 7 aromatic rings. The summed E-state index contributed by atoms with van der Waals surface area (Å²) < 4.78 is 0. The van der Waals surface area contributed by atoms with Crippen molar-refractivity contribution in [2.24, 2.45) is 0 Å². The normalized spacial score (nSPS) is 9.33. The summed E-state index contributed by atoms with van der Waals surface area (Å²) in [4.78, 5) is 16.5. The minimum absolute atomic E-state index is 0.733. The van der Waals surface area contributed by atoms with Crippen molar-refractivity contribution in [3.05, 3.63) is 226 Å². The fourth-order valence-corrected chi connectivity index (χ4v) is 4.88. The second-order valence-electron chi connectivity index (χ2n) is 11.6. The van der Waals surface area contributed by atoms with Gasteiger partial charge < -0.3 is 0 Å². The summed E-state index contributed by atoms with van der Waals surface area (Å²) in [6.07, 6.45) is 13.8. The Bertz CT molecular complexity index is 2600. The Labute approximate surface area is 315 Å². The highest BCUT2D eigenvalue weighted by Crippen LogP contribution is 2.17. The summed E-state index contributed by atoms with van der Waals surface area (Å²) in [7, 11) is 0. The van der Waals surface area contributed by atoms with E-state index in [-0.39, 0.29) is 0 Å². The Kier molecular flexibility index (Phi) is 11.1. The molecule has 0 radical (unpaired) electrons. The average molecular weight is 683 g/mol. The van der Waals surface area contributed by atoms with Crippen molar-refractivity contribution in [3.8, 4) is 71.0 Å². The zero-order valence-corrected chi connectivity index (χ0v) is 28.8. The lowest BCUT2D eigenvalue weighted by Crippen LogP contribution is -1.93. The Morgan fingerprint density at radius 2 is 0.519 bits per heavy atom. The van der Waals surface area contributed by atoms with E-state index >= 15 is 0 Å². The molecule has 4 nitrogen and oxygen atoms in total. The molecule has 0 N–H and O–H groups in total. The van der Waals surface area contributed by atoms with Gasteiger partial charge in [-0.3, -0.25) is 19.9 Å². The number of aromatic nitrogens is 4. The van der Waals surface area contributed by atoms with Crippen LogP contribution in [0.3, 0.4) is 0 Å². The largest absolute Gasteiger partial charge is 0.265 e. The minimum atomic E-state index is 0.733. The van der Waals surface area contributed by atoms with Gasteiger partial charge in [-0.1, -0.05) is 71.0 Å². The van der Waals surface area contributed by atoms with Crippen LogP contribution in [0.1, 0.15) is 66.8 Å². The highest BCUT2D eigenvalue weighted by molar-refractivity contribution is 5.64. The van der Waals surface area contributed by atoms with Gasteiger partial charge in [-0.05, 0) is 109 Å². The molecule has 0 amide bonds. The molecule has 0 saturated carbocycles.